The van der Waals surface area contributed by atoms with Crippen molar-refractivity contribution in [3.63, 3.8) is 0 Å². The molecule has 0 aliphatic carbocycles. The molecule has 0 saturated heterocycles. The van der Waals surface area contributed by atoms with Crippen LogP contribution in [0.15, 0.2) is 0 Å². The Bertz CT molecular complexity index is 353. The van der Waals surface area contributed by atoms with Crippen molar-refractivity contribution in [2.45, 2.75) is 24.7 Å². The number of rotatable bonds is 8. The monoisotopic (exact) mass is 285 g/mol. The maximum Gasteiger partial charge on any atom is 0.184 e. The summed E-state index contributed by atoms with van der Waals surface area (Å²) in [7, 11) is -5.30. The maximum absolute atomic E-state index is 10.7. The average molecular weight is 285 g/mol. The van der Waals surface area contributed by atoms with Gasteiger partial charge >= 0.3 is 0 Å². The number of carboxylic acids is 1. The Morgan fingerprint density at radius 3 is 2.22 bits per heavy atom. The van der Waals surface area contributed by atoms with Crippen LogP contribution in [0.25, 0.3) is 0 Å². The first-order valence-electron chi connectivity index (χ1n) is 4.64. The Morgan fingerprint density at radius 2 is 1.83 bits per heavy atom. The van der Waals surface area contributed by atoms with E-state index in [1.807, 2.05) is 0 Å². The minimum atomic E-state index is -5.30. The molecule has 0 amide bonds. The highest BCUT2D eigenvalue weighted by Gasteiger charge is 2.28. The highest BCUT2D eigenvalue weighted by Crippen LogP contribution is 2.24. The Labute approximate surface area is 101 Å². The first-order chi connectivity index (χ1) is 8.04. The van der Waals surface area contributed by atoms with E-state index < -0.39 is 50.9 Å². The second-order valence-corrected chi connectivity index (χ2v) is 4.63. The summed E-state index contributed by atoms with van der Waals surface area (Å²) in [6.07, 6.45) is -4.26. The van der Waals surface area contributed by atoms with Gasteiger partial charge in [0.2, 0.25) is 0 Å². The van der Waals surface area contributed by atoms with Gasteiger partial charge in [0.05, 0.1) is 20.9 Å². The molecule has 0 fully saturated rings. The second-order valence-electron chi connectivity index (χ2n) is 3.48. The van der Waals surface area contributed by atoms with Crippen LogP contribution in [0.4, 0.5) is 0 Å². The predicted molar refractivity (Wildman–Crippen MR) is 46.9 cm³/mol. The lowest BCUT2D eigenvalue weighted by Crippen LogP contribution is -2.69. The van der Waals surface area contributed by atoms with E-state index in [2.05, 4.69) is 10.3 Å². The van der Waals surface area contributed by atoms with E-state index >= 15 is 0 Å². The molecule has 3 atom stereocenters. The second kappa shape index (κ2) is 6.90. The number of carbonyl (C=O) groups is 2. The fourth-order valence-electron chi connectivity index (χ4n) is 1.02. The SMILES string of the molecule is [NH3+][C@H](CC(=O)C(=O)[O-])[C@H](O)[C@H](O)COP(=O)([O-])[O-]. The minimum absolute atomic E-state index is 0.715. The van der Waals surface area contributed by atoms with E-state index in [4.69, 9.17) is 0 Å². The summed E-state index contributed by atoms with van der Waals surface area (Å²) < 4.78 is 13.8. The summed E-state index contributed by atoms with van der Waals surface area (Å²) >= 11 is 0. The molecule has 0 aliphatic heterocycles. The van der Waals surface area contributed by atoms with E-state index in [9.17, 15) is 39.3 Å². The summed E-state index contributed by atoms with van der Waals surface area (Å²) in [5.41, 5.74) is 3.22. The van der Waals surface area contributed by atoms with Crippen LogP contribution in [0.1, 0.15) is 6.42 Å². The summed E-state index contributed by atoms with van der Waals surface area (Å²) in [6, 6.07) is -1.23. The lowest BCUT2D eigenvalue weighted by atomic mass is 10.0. The number of phosphoric ester groups is 1. The molecular weight excluding hydrogens is 273 g/mol. The van der Waals surface area contributed by atoms with Crippen LogP contribution in [0, 0.1) is 0 Å². The lowest BCUT2D eigenvalue weighted by molar-refractivity contribution is -0.441. The highest BCUT2D eigenvalue weighted by molar-refractivity contribution is 7.43. The van der Waals surface area contributed by atoms with Crippen LogP contribution in [0.5, 0.6) is 0 Å². The number of phosphoric acid groups is 1. The number of Topliss-reactive ketones (excluding diaryl/α,β-unsaturated/α-hetero) is 1. The number of aliphatic carboxylic acids is 1. The van der Waals surface area contributed by atoms with Gasteiger partial charge in [-0.25, -0.2) is 0 Å². The van der Waals surface area contributed by atoms with Crippen molar-refractivity contribution in [1.29, 1.82) is 0 Å². The van der Waals surface area contributed by atoms with Crippen LogP contribution >= 0.6 is 7.82 Å². The Hall–Kier alpha value is -0.870. The van der Waals surface area contributed by atoms with Gasteiger partial charge < -0.3 is 44.7 Å². The third-order valence-corrected chi connectivity index (χ3v) is 2.42. The van der Waals surface area contributed by atoms with Crippen molar-refractivity contribution in [1.82, 2.24) is 0 Å². The number of carbonyl (C=O) groups excluding carboxylic acids is 2. The van der Waals surface area contributed by atoms with E-state index in [0.29, 0.717) is 0 Å². The van der Waals surface area contributed by atoms with E-state index in [1.54, 1.807) is 0 Å². The fourth-order valence-corrected chi connectivity index (χ4v) is 1.36. The van der Waals surface area contributed by atoms with Crippen molar-refractivity contribution in [3.05, 3.63) is 0 Å². The molecule has 106 valence electrons. The molecule has 0 aromatic rings. The zero-order valence-electron chi connectivity index (χ0n) is 9.05. The molecule has 0 saturated carbocycles. The predicted octanol–water partition coefficient (Wildman–Crippen LogP) is -6.13. The number of quaternary nitrogens is 1. The van der Waals surface area contributed by atoms with Gasteiger partial charge in [-0.3, -0.25) is 4.79 Å². The number of ketones is 1. The normalized spacial score (nSPS) is 16.9. The summed E-state index contributed by atoms with van der Waals surface area (Å²) in [5, 5.41) is 28.7. The maximum atomic E-state index is 10.7. The zero-order chi connectivity index (χ0) is 14.5. The molecule has 0 aromatic heterocycles. The summed E-state index contributed by atoms with van der Waals surface area (Å²) in [6.45, 7) is -1.02. The molecule has 5 N–H and O–H groups in total. The van der Waals surface area contributed by atoms with Crippen molar-refractivity contribution in [2.75, 3.05) is 6.61 Å². The fraction of sp³-hybridized carbons (Fsp3) is 0.714. The van der Waals surface area contributed by atoms with Crippen LogP contribution in [-0.4, -0.2) is 46.8 Å². The van der Waals surface area contributed by atoms with Gasteiger partial charge in [0.1, 0.15) is 24.2 Å². The molecular formula is C7H12NO9P-2. The van der Waals surface area contributed by atoms with Gasteiger partial charge in [-0.1, -0.05) is 0 Å². The smallest absolute Gasteiger partial charge is 0.184 e. The Balaban J connectivity index is 4.28. The molecule has 0 unspecified atom stereocenters. The average Bonchev–Trinajstić information content (AvgIpc) is 2.23. The molecule has 10 nitrogen and oxygen atoms in total. The van der Waals surface area contributed by atoms with Crippen molar-refractivity contribution in [3.8, 4) is 0 Å². The lowest BCUT2D eigenvalue weighted by Gasteiger charge is -2.30. The van der Waals surface area contributed by atoms with E-state index in [0.717, 1.165) is 0 Å². The molecule has 0 spiro atoms. The Morgan fingerprint density at radius 1 is 1.33 bits per heavy atom. The van der Waals surface area contributed by atoms with Gasteiger partial charge in [0.15, 0.2) is 5.78 Å². The first kappa shape index (κ1) is 17.1. The number of aliphatic hydroxyl groups is 2. The molecule has 0 rings (SSSR count). The third-order valence-electron chi connectivity index (χ3n) is 1.96. The van der Waals surface area contributed by atoms with Crippen LogP contribution in [0.2, 0.25) is 0 Å². The van der Waals surface area contributed by atoms with Crippen molar-refractivity contribution >= 4 is 19.6 Å². The zero-order valence-corrected chi connectivity index (χ0v) is 9.95. The van der Waals surface area contributed by atoms with Crippen molar-refractivity contribution in [2.24, 2.45) is 0 Å². The molecule has 18 heavy (non-hydrogen) atoms. The van der Waals surface area contributed by atoms with Crippen LogP contribution < -0.4 is 20.6 Å². The van der Waals surface area contributed by atoms with Gasteiger partial charge in [0.25, 0.3) is 0 Å². The summed E-state index contributed by atoms with van der Waals surface area (Å²) in [5.74, 6) is -3.30. The van der Waals surface area contributed by atoms with Crippen molar-refractivity contribution < 1.29 is 49.5 Å². The number of hydrogen-bond acceptors (Lipinski definition) is 9. The first-order valence-corrected chi connectivity index (χ1v) is 6.10. The molecule has 0 radical (unpaired) electrons. The number of aliphatic hydroxyl groups excluding tert-OH is 2. The largest absolute Gasteiger partial charge is 0.790 e. The van der Waals surface area contributed by atoms with Crippen LogP contribution in [-0.2, 0) is 18.7 Å². The molecule has 11 heteroatoms. The number of carboxylic acid groups (broad SMARTS) is 1. The van der Waals surface area contributed by atoms with Gasteiger partial charge in [-0.2, -0.15) is 0 Å². The minimum Gasteiger partial charge on any atom is -0.790 e. The van der Waals surface area contributed by atoms with E-state index in [-0.39, 0.29) is 0 Å². The van der Waals surface area contributed by atoms with Gasteiger partial charge in [-0.15, -0.1) is 0 Å². The van der Waals surface area contributed by atoms with Gasteiger partial charge in [0, 0.05) is 0 Å². The Kier molecular flexibility index (Phi) is 6.57. The third kappa shape index (κ3) is 6.77. The highest BCUT2D eigenvalue weighted by atomic mass is 31.2. The number of hydrogen-bond donors (Lipinski definition) is 3. The molecule has 0 aromatic carbocycles. The van der Waals surface area contributed by atoms with Crippen LogP contribution in [0.3, 0.4) is 0 Å². The van der Waals surface area contributed by atoms with Gasteiger partial charge in [-0.05, 0) is 0 Å². The van der Waals surface area contributed by atoms with E-state index in [1.165, 1.54) is 0 Å². The molecule has 0 bridgehead atoms. The molecule has 0 heterocycles. The standard InChI is InChI=1S/C7H14NO9P/c8-3(1-4(9)7(12)13)6(11)5(10)2-17-18(14,15)16/h3,5-6,10-11H,1-2,8H2,(H,12,13)(H2,14,15,16)/p-2/t3-,5-,6+/m1/s1. The topological polar surface area (TPSA) is 198 Å². The summed E-state index contributed by atoms with van der Waals surface area (Å²) in [4.78, 5) is 41.0. The quantitative estimate of drug-likeness (QED) is 0.286. The molecule has 0 aliphatic rings.